The molecule has 1 N–H and O–H groups in total. The predicted molar refractivity (Wildman–Crippen MR) is 109 cm³/mol. The van der Waals surface area contributed by atoms with Crippen LogP contribution in [0.15, 0.2) is 59.9 Å². The molecule has 0 fully saturated rings. The Bertz CT molecular complexity index is 1070. The second-order valence-corrected chi connectivity index (χ2v) is 7.08. The minimum absolute atomic E-state index is 0.0406. The molecule has 1 heterocycles. The maximum absolute atomic E-state index is 12.7. The molecule has 0 saturated heterocycles. The van der Waals surface area contributed by atoms with Crippen LogP contribution in [0.2, 0.25) is 0 Å². The molecular weight excluding hydrogens is 362 g/mol. The minimum Gasteiger partial charge on any atom is -0.484 e. The quantitative estimate of drug-likeness (QED) is 0.369. The number of benzene rings is 2. The van der Waals surface area contributed by atoms with E-state index in [0.717, 1.165) is 9.40 Å². The van der Waals surface area contributed by atoms with Crippen LogP contribution in [0.4, 0.5) is 0 Å². The number of ether oxygens (including phenoxy) is 1. The molecule has 0 saturated carbocycles. The van der Waals surface area contributed by atoms with Gasteiger partial charge in [-0.2, -0.15) is 0 Å². The normalized spacial score (nSPS) is 10.7. The van der Waals surface area contributed by atoms with Crippen LogP contribution in [-0.4, -0.2) is 24.8 Å². The smallest absolute Gasteiger partial charge is 0.257 e. The Kier molecular flexibility index (Phi) is 5.98. The molecule has 0 aliphatic heterocycles. The number of hydrogen-bond donors (Lipinski definition) is 1. The Morgan fingerprint density at radius 2 is 1.89 bits per heavy atom. The van der Waals surface area contributed by atoms with Crippen LogP contribution < -0.4 is 15.5 Å². The minimum atomic E-state index is -0.273. The second kappa shape index (κ2) is 8.60. The van der Waals surface area contributed by atoms with Gasteiger partial charge in [0.1, 0.15) is 5.75 Å². The molecule has 1 amide bonds. The number of rotatable bonds is 8. The lowest BCUT2D eigenvalue weighted by atomic mass is 10.2. The van der Waals surface area contributed by atoms with Crippen LogP contribution in [0, 0.1) is 0 Å². The molecule has 5 nitrogen and oxygen atoms in total. The predicted octanol–water partition coefficient (Wildman–Crippen LogP) is 3.45. The van der Waals surface area contributed by atoms with Gasteiger partial charge in [-0.25, -0.2) is 0 Å². The summed E-state index contributed by atoms with van der Waals surface area (Å²) in [7, 11) is 0. The molecule has 2 aromatic carbocycles. The van der Waals surface area contributed by atoms with Crippen LogP contribution in [0.1, 0.15) is 12.8 Å². The summed E-state index contributed by atoms with van der Waals surface area (Å²) >= 11 is 1.55. The molecule has 0 unspecified atom stereocenters. The second-order valence-electron chi connectivity index (χ2n) is 6.00. The van der Waals surface area contributed by atoms with Crippen molar-refractivity contribution >= 4 is 43.2 Å². The maximum Gasteiger partial charge on any atom is 0.257 e. The van der Waals surface area contributed by atoms with Crippen molar-refractivity contribution in [2.45, 2.75) is 12.8 Å². The highest BCUT2D eigenvalue weighted by atomic mass is 32.1. The summed E-state index contributed by atoms with van der Waals surface area (Å²) in [6.45, 7) is 3.66. The Hall–Kier alpha value is -2.99. The number of carbonyl (C=O) groups is 2. The van der Waals surface area contributed by atoms with E-state index in [1.54, 1.807) is 23.5 Å². The van der Waals surface area contributed by atoms with Crippen molar-refractivity contribution in [3.8, 4) is 5.75 Å². The molecule has 1 aromatic heterocycles. The standard InChI is InChI=1S/C21H19NO4S/c1-2-14(23)6-5-11-22-20(24)13-26-15-9-10-19-17(12-15)21(25)16-7-3-4-8-18(16)27-19/h2-4,7-10,12H,1,5-6,11,13H2,(H,22,24). The van der Waals surface area contributed by atoms with Gasteiger partial charge in [-0.1, -0.05) is 18.7 Å². The highest BCUT2D eigenvalue weighted by molar-refractivity contribution is 7.24. The molecule has 3 rings (SSSR count). The first-order chi connectivity index (χ1) is 13.1. The first-order valence-corrected chi connectivity index (χ1v) is 9.40. The molecule has 6 heteroatoms. The summed E-state index contributed by atoms with van der Waals surface area (Å²) in [6.07, 6.45) is 2.19. The molecule has 0 bridgehead atoms. The molecule has 27 heavy (non-hydrogen) atoms. The average molecular weight is 381 g/mol. The Morgan fingerprint density at radius 3 is 2.70 bits per heavy atom. The number of ketones is 1. The van der Waals surface area contributed by atoms with E-state index >= 15 is 0 Å². The third-order valence-electron chi connectivity index (χ3n) is 4.07. The first kappa shape index (κ1) is 18.8. The number of fused-ring (bicyclic) bond motifs is 2. The molecule has 0 radical (unpaired) electrons. The fraction of sp³-hybridized carbons (Fsp3) is 0.190. The van der Waals surface area contributed by atoms with Crippen LogP contribution in [0.3, 0.4) is 0 Å². The monoisotopic (exact) mass is 381 g/mol. The number of allylic oxidation sites excluding steroid dienone is 1. The van der Waals surface area contributed by atoms with Crippen molar-refractivity contribution in [1.29, 1.82) is 0 Å². The van der Waals surface area contributed by atoms with Crippen molar-refractivity contribution in [2.24, 2.45) is 0 Å². The highest BCUT2D eigenvalue weighted by Crippen LogP contribution is 2.27. The zero-order valence-electron chi connectivity index (χ0n) is 14.7. The van der Waals surface area contributed by atoms with Crippen molar-refractivity contribution in [3.05, 3.63) is 65.3 Å². The Labute approximate surface area is 160 Å². The SMILES string of the molecule is C=CC(=O)CCCNC(=O)COc1ccc2sc3ccccc3c(=O)c2c1. The van der Waals surface area contributed by atoms with Gasteiger partial charge in [-0.05, 0) is 42.8 Å². The van der Waals surface area contributed by atoms with Gasteiger partial charge in [0.25, 0.3) is 5.91 Å². The number of amides is 1. The van der Waals surface area contributed by atoms with Gasteiger partial charge in [0.15, 0.2) is 17.8 Å². The summed E-state index contributed by atoms with van der Waals surface area (Å²) in [5, 5.41) is 3.96. The van der Waals surface area contributed by atoms with Crippen LogP contribution >= 0.6 is 11.3 Å². The van der Waals surface area contributed by atoms with Gasteiger partial charge in [0.2, 0.25) is 0 Å². The summed E-state index contributed by atoms with van der Waals surface area (Å²) in [5.41, 5.74) is -0.0406. The zero-order chi connectivity index (χ0) is 19.2. The zero-order valence-corrected chi connectivity index (χ0v) is 15.5. The third kappa shape index (κ3) is 4.60. The summed E-state index contributed by atoms with van der Waals surface area (Å²) in [5.74, 6) is 0.155. The van der Waals surface area contributed by atoms with Crippen molar-refractivity contribution in [2.75, 3.05) is 13.2 Å². The topological polar surface area (TPSA) is 72.5 Å². The van der Waals surface area contributed by atoms with Crippen LogP contribution in [-0.2, 0) is 9.59 Å². The van der Waals surface area contributed by atoms with E-state index in [-0.39, 0.29) is 23.7 Å². The lowest BCUT2D eigenvalue weighted by Gasteiger charge is -2.08. The van der Waals surface area contributed by atoms with E-state index in [1.165, 1.54) is 6.08 Å². The van der Waals surface area contributed by atoms with Gasteiger partial charge in [-0.3, -0.25) is 14.4 Å². The maximum atomic E-state index is 12.7. The van der Waals surface area contributed by atoms with Crippen LogP contribution in [0.25, 0.3) is 20.2 Å². The first-order valence-electron chi connectivity index (χ1n) is 8.59. The summed E-state index contributed by atoms with van der Waals surface area (Å²) in [6, 6.07) is 12.8. The highest BCUT2D eigenvalue weighted by Gasteiger charge is 2.08. The lowest BCUT2D eigenvalue weighted by molar-refractivity contribution is -0.123. The van der Waals surface area contributed by atoms with Gasteiger partial charge in [-0.15, -0.1) is 11.3 Å². The van der Waals surface area contributed by atoms with Gasteiger partial charge in [0.05, 0.1) is 0 Å². The summed E-state index contributed by atoms with van der Waals surface area (Å²) < 4.78 is 7.33. The van der Waals surface area contributed by atoms with Crippen molar-refractivity contribution in [1.82, 2.24) is 5.32 Å². The Balaban J connectivity index is 1.64. The average Bonchev–Trinajstić information content (AvgIpc) is 2.70. The molecule has 0 aliphatic carbocycles. The van der Waals surface area contributed by atoms with E-state index in [4.69, 9.17) is 4.74 Å². The molecule has 138 valence electrons. The van der Waals surface area contributed by atoms with E-state index in [0.29, 0.717) is 35.9 Å². The van der Waals surface area contributed by atoms with E-state index < -0.39 is 0 Å². The summed E-state index contributed by atoms with van der Waals surface area (Å²) in [4.78, 5) is 35.6. The third-order valence-corrected chi connectivity index (χ3v) is 5.22. The van der Waals surface area contributed by atoms with Gasteiger partial charge in [0, 0.05) is 33.1 Å². The van der Waals surface area contributed by atoms with E-state index in [9.17, 15) is 14.4 Å². The molecular formula is C21H19NO4S. The Morgan fingerprint density at radius 1 is 1.11 bits per heavy atom. The van der Waals surface area contributed by atoms with E-state index in [1.807, 2.05) is 30.3 Å². The number of hydrogen-bond acceptors (Lipinski definition) is 5. The fourth-order valence-electron chi connectivity index (χ4n) is 2.66. The molecule has 3 aromatic rings. The van der Waals surface area contributed by atoms with Crippen LogP contribution in [0.5, 0.6) is 5.75 Å². The van der Waals surface area contributed by atoms with Gasteiger partial charge < -0.3 is 10.1 Å². The number of carbonyl (C=O) groups excluding carboxylic acids is 2. The van der Waals surface area contributed by atoms with Crippen molar-refractivity contribution < 1.29 is 14.3 Å². The molecule has 0 aliphatic rings. The largest absolute Gasteiger partial charge is 0.484 e. The molecule has 0 spiro atoms. The molecule has 0 atom stereocenters. The van der Waals surface area contributed by atoms with E-state index in [2.05, 4.69) is 11.9 Å². The van der Waals surface area contributed by atoms with Crippen molar-refractivity contribution in [3.63, 3.8) is 0 Å². The number of nitrogens with one attached hydrogen (secondary N) is 1. The lowest BCUT2D eigenvalue weighted by Crippen LogP contribution is -2.29. The fourth-order valence-corrected chi connectivity index (χ4v) is 3.72. The van der Waals surface area contributed by atoms with Gasteiger partial charge >= 0.3 is 0 Å².